The first-order valence-corrected chi connectivity index (χ1v) is 10.3. The van der Waals surface area contributed by atoms with Crippen LogP contribution in [0.5, 0.6) is 0 Å². The van der Waals surface area contributed by atoms with Gasteiger partial charge in [0.2, 0.25) is 0 Å². The van der Waals surface area contributed by atoms with E-state index in [9.17, 15) is 4.79 Å². The lowest BCUT2D eigenvalue weighted by molar-refractivity contribution is 0.673. The quantitative estimate of drug-likeness (QED) is 0.264. The van der Waals surface area contributed by atoms with E-state index in [0.717, 1.165) is 21.5 Å². The Hall–Kier alpha value is -2.70. The fraction of sp³-hybridized carbons (Fsp3) is 0.0952. The number of rotatable bonds is 6. The lowest BCUT2D eigenvalue weighted by atomic mass is 10.1. The molecule has 4 nitrogen and oxygen atoms in total. The molecule has 0 aliphatic heterocycles. The Morgan fingerprint density at radius 2 is 2.04 bits per heavy atom. The summed E-state index contributed by atoms with van der Waals surface area (Å²) in [4.78, 5) is 23.0. The molecule has 0 unspecified atom stereocenters. The predicted octanol–water partition coefficient (Wildman–Crippen LogP) is 5.00. The van der Waals surface area contributed by atoms with Crippen LogP contribution in [0.2, 0.25) is 0 Å². The molecule has 3 heterocycles. The lowest BCUT2D eigenvalue weighted by Gasteiger charge is -2.10. The second-order valence-electron chi connectivity index (χ2n) is 5.94. The van der Waals surface area contributed by atoms with Gasteiger partial charge in [-0.15, -0.1) is 17.9 Å². The van der Waals surface area contributed by atoms with Crippen molar-refractivity contribution in [2.75, 3.05) is 0 Å². The molecule has 0 spiro atoms. The van der Waals surface area contributed by atoms with E-state index in [0.29, 0.717) is 22.8 Å². The van der Waals surface area contributed by atoms with Gasteiger partial charge in [0, 0.05) is 35.6 Å². The van der Waals surface area contributed by atoms with Crippen LogP contribution in [0.1, 0.15) is 5.56 Å². The van der Waals surface area contributed by atoms with Gasteiger partial charge in [-0.05, 0) is 17.2 Å². The summed E-state index contributed by atoms with van der Waals surface area (Å²) in [6.45, 7) is 4.23. The molecule has 0 amide bonds. The summed E-state index contributed by atoms with van der Waals surface area (Å²) in [6.07, 6.45) is 5.32. The van der Waals surface area contributed by atoms with Crippen LogP contribution in [-0.4, -0.2) is 14.5 Å². The number of hydrogen-bond donors (Lipinski definition) is 0. The molecule has 0 aliphatic carbocycles. The molecule has 3 aromatic heterocycles. The molecule has 6 heteroatoms. The molecule has 0 N–H and O–H groups in total. The van der Waals surface area contributed by atoms with Crippen molar-refractivity contribution >= 4 is 33.3 Å². The highest BCUT2D eigenvalue weighted by molar-refractivity contribution is 7.98. The van der Waals surface area contributed by atoms with E-state index >= 15 is 0 Å². The Morgan fingerprint density at radius 1 is 1.19 bits per heavy atom. The van der Waals surface area contributed by atoms with Crippen molar-refractivity contribution in [3.8, 4) is 11.1 Å². The summed E-state index contributed by atoms with van der Waals surface area (Å²) in [6, 6.07) is 13.9. The molecule has 0 atom stereocenters. The van der Waals surface area contributed by atoms with E-state index in [1.165, 1.54) is 11.3 Å². The van der Waals surface area contributed by atoms with Gasteiger partial charge in [0.25, 0.3) is 5.56 Å². The molecule has 1 aromatic carbocycles. The zero-order valence-corrected chi connectivity index (χ0v) is 16.2. The van der Waals surface area contributed by atoms with E-state index in [1.54, 1.807) is 28.6 Å². The fourth-order valence-corrected chi connectivity index (χ4v) is 4.80. The monoisotopic (exact) mass is 391 g/mol. The number of fused-ring (bicyclic) bond motifs is 1. The van der Waals surface area contributed by atoms with Crippen molar-refractivity contribution in [1.82, 2.24) is 14.5 Å². The van der Waals surface area contributed by atoms with Crippen molar-refractivity contribution in [2.24, 2.45) is 0 Å². The second-order valence-corrected chi connectivity index (χ2v) is 7.74. The SMILES string of the molecule is C=CCn1c(SCc2cccnc2)nc2scc(-c3ccccc3)c2c1=O. The smallest absolute Gasteiger partial charge is 0.263 e. The number of hydrogen-bond acceptors (Lipinski definition) is 5. The second kappa shape index (κ2) is 7.90. The Morgan fingerprint density at radius 3 is 2.78 bits per heavy atom. The molecule has 27 heavy (non-hydrogen) atoms. The number of nitrogens with zero attached hydrogens (tertiary/aromatic N) is 3. The lowest BCUT2D eigenvalue weighted by Crippen LogP contribution is -2.22. The van der Waals surface area contributed by atoms with Gasteiger partial charge in [-0.2, -0.15) is 0 Å². The zero-order chi connectivity index (χ0) is 18.6. The van der Waals surface area contributed by atoms with Crippen molar-refractivity contribution in [1.29, 1.82) is 0 Å². The van der Waals surface area contributed by atoms with Crippen molar-refractivity contribution in [3.05, 3.63) is 88.8 Å². The maximum atomic E-state index is 13.3. The molecule has 0 aliphatic rings. The Kier molecular flexibility index (Phi) is 5.18. The Labute approximate surface area is 165 Å². The molecule has 134 valence electrons. The standard InChI is InChI=1S/C21H17N3OS2/c1-2-11-24-20(25)18-17(16-8-4-3-5-9-16)14-26-19(18)23-21(24)27-13-15-7-6-10-22-12-15/h2-10,12,14H,1,11,13H2. The normalized spacial score (nSPS) is 11.0. The van der Waals surface area contributed by atoms with E-state index in [2.05, 4.69) is 11.6 Å². The highest BCUT2D eigenvalue weighted by Crippen LogP contribution is 2.32. The first kappa shape index (κ1) is 17.7. The highest BCUT2D eigenvalue weighted by Gasteiger charge is 2.17. The molecule has 0 saturated carbocycles. The minimum atomic E-state index is -0.0197. The summed E-state index contributed by atoms with van der Waals surface area (Å²) in [7, 11) is 0. The third kappa shape index (κ3) is 3.59. The van der Waals surface area contributed by atoms with Gasteiger partial charge in [-0.1, -0.05) is 54.2 Å². The Balaban J connectivity index is 1.80. The molecule has 0 radical (unpaired) electrons. The maximum Gasteiger partial charge on any atom is 0.263 e. The third-order valence-corrected chi connectivity index (χ3v) is 6.07. The van der Waals surface area contributed by atoms with Gasteiger partial charge in [0.05, 0.1) is 5.39 Å². The molecule has 0 bridgehead atoms. The molecule has 4 rings (SSSR count). The minimum Gasteiger partial charge on any atom is -0.283 e. The zero-order valence-electron chi connectivity index (χ0n) is 14.5. The summed E-state index contributed by atoms with van der Waals surface area (Å²) < 4.78 is 1.70. The van der Waals surface area contributed by atoms with Crippen LogP contribution in [-0.2, 0) is 12.3 Å². The molecule has 0 saturated heterocycles. The summed E-state index contributed by atoms with van der Waals surface area (Å²) in [5.74, 6) is 0.708. The number of pyridine rings is 1. The molecular weight excluding hydrogens is 374 g/mol. The third-order valence-electron chi connectivity index (χ3n) is 4.15. The molecular formula is C21H17N3OS2. The van der Waals surface area contributed by atoms with E-state index in [1.807, 2.05) is 54.0 Å². The highest BCUT2D eigenvalue weighted by atomic mass is 32.2. The van der Waals surface area contributed by atoms with Crippen LogP contribution in [0.25, 0.3) is 21.3 Å². The van der Waals surface area contributed by atoms with Crippen molar-refractivity contribution in [2.45, 2.75) is 17.5 Å². The van der Waals surface area contributed by atoms with Crippen LogP contribution >= 0.6 is 23.1 Å². The maximum absolute atomic E-state index is 13.3. The topological polar surface area (TPSA) is 47.8 Å². The number of thioether (sulfide) groups is 1. The van der Waals surface area contributed by atoms with Crippen LogP contribution in [0, 0.1) is 0 Å². The fourth-order valence-electron chi connectivity index (χ4n) is 2.87. The summed E-state index contributed by atoms with van der Waals surface area (Å²) in [5.41, 5.74) is 3.05. The number of benzene rings is 1. The number of aromatic nitrogens is 3. The first-order valence-electron chi connectivity index (χ1n) is 8.48. The van der Waals surface area contributed by atoms with Gasteiger partial charge >= 0.3 is 0 Å². The van der Waals surface area contributed by atoms with Crippen molar-refractivity contribution in [3.63, 3.8) is 0 Å². The van der Waals surface area contributed by atoms with E-state index < -0.39 is 0 Å². The van der Waals surface area contributed by atoms with Gasteiger partial charge < -0.3 is 0 Å². The average Bonchev–Trinajstić information content (AvgIpc) is 3.14. The van der Waals surface area contributed by atoms with Gasteiger partial charge in [-0.3, -0.25) is 14.3 Å². The minimum absolute atomic E-state index is 0.0197. The number of thiophene rings is 1. The summed E-state index contributed by atoms with van der Waals surface area (Å²) >= 11 is 3.05. The molecule has 0 fully saturated rings. The Bertz CT molecular complexity index is 1130. The van der Waals surface area contributed by atoms with Crippen molar-refractivity contribution < 1.29 is 0 Å². The van der Waals surface area contributed by atoms with Crippen LogP contribution in [0.15, 0.2) is 82.8 Å². The van der Waals surface area contributed by atoms with Crippen LogP contribution in [0.4, 0.5) is 0 Å². The van der Waals surface area contributed by atoms with E-state index in [-0.39, 0.29) is 5.56 Å². The summed E-state index contributed by atoms with van der Waals surface area (Å²) in [5, 5.41) is 3.40. The number of allylic oxidation sites excluding steroid dienone is 1. The van der Waals surface area contributed by atoms with Crippen LogP contribution < -0.4 is 5.56 Å². The van der Waals surface area contributed by atoms with Gasteiger partial charge in [-0.25, -0.2) is 4.98 Å². The van der Waals surface area contributed by atoms with Crippen LogP contribution in [0.3, 0.4) is 0 Å². The van der Waals surface area contributed by atoms with Gasteiger partial charge in [0.1, 0.15) is 4.83 Å². The average molecular weight is 392 g/mol. The largest absolute Gasteiger partial charge is 0.283 e. The first-order chi connectivity index (χ1) is 13.3. The molecule has 4 aromatic rings. The van der Waals surface area contributed by atoms with E-state index in [4.69, 9.17) is 4.98 Å². The predicted molar refractivity (Wildman–Crippen MR) is 113 cm³/mol. The van der Waals surface area contributed by atoms with Gasteiger partial charge in [0.15, 0.2) is 5.16 Å².